The SMILES string of the molecule is CCc1sc(C(=O)NCCC(=O)OC(C)C)cc1C. The lowest BCUT2D eigenvalue weighted by atomic mass is 10.2. The van der Waals surface area contributed by atoms with E-state index in [0.29, 0.717) is 11.4 Å². The number of hydrogen-bond donors (Lipinski definition) is 1. The van der Waals surface area contributed by atoms with Crippen LogP contribution in [0.5, 0.6) is 0 Å². The Hall–Kier alpha value is -1.36. The summed E-state index contributed by atoms with van der Waals surface area (Å²) < 4.78 is 4.99. The van der Waals surface area contributed by atoms with Gasteiger partial charge >= 0.3 is 5.97 Å². The lowest BCUT2D eigenvalue weighted by Gasteiger charge is -2.08. The summed E-state index contributed by atoms with van der Waals surface area (Å²) in [5.41, 5.74) is 1.15. The lowest BCUT2D eigenvalue weighted by Crippen LogP contribution is -2.26. The molecule has 1 heterocycles. The molecular weight excluding hydrogens is 262 g/mol. The van der Waals surface area contributed by atoms with E-state index in [1.807, 2.05) is 13.0 Å². The van der Waals surface area contributed by atoms with Crippen molar-refractivity contribution in [2.75, 3.05) is 6.54 Å². The van der Waals surface area contributed by atoms with E-state index in [2.05, 4.69) is 12.2 Å². The molecule has 106 valence electrons. The Morgan fingerprint density at radius 3 is 2.63 bits per heavy atom. The van der Waals surface area contributed by atoms with Gasteiger partial charge in [0.05, 0.1) is 17.4 Å². The molecule has 1 amide bonds. The summed E-state index contributed by atoms with van der Waals surface area (Å²) in [7, 11) is 0. The Bertz CT molecular complexity index is 452. The zero-order chi connectivity index (χ0) is 14.4. The van der Waals surface area contributed by atoms with E-state index in [4.69, 9.17) is 4.74 Å². The van der Waals surface area contributed by atoms with Crippen LogP contribution in [0.25, 0.3) is 0 Å². The molecule has 0 aliphatic rings. The highest BCUT2D eigenvalue weighted by Crippen LogP contribution is 2.22. The van der Waals surface area contributed by atoms with Crippen LogP contribution in [0.15, 0.2) is 6.07 Å². The van der Waals surface area contributed by atoms with Gasteiger partial charge in [-0.05, 0) is 38.8 Å². The Labute approximate surface area is 118 Å². The third-order valence-corrected chi connectivity index (χ3v) is 3.93. The number of esters is 1. The van der Waals surface area contributed by atoms with Crippen LogP contribution in [-0.4, -0.2) is 24.5 Å². The van der Waals surface area contributed by atoms with Crippen molar-refractivity contribution in [3.63, 3.8) is 0 Å². The molecule has 1 aromatic rings. The van der Waals surface area contributed by atoms with Crippen LogP contribution in [0.4, 0.5) is 0 Å². The third kappa shape index (κ3) is 5.03. The molecule has 0 radical (unpaired) electrons. The van der Waals surface area contributed by atoms with Crippen LogP contribution in [0.1, 0.15) is 47.3 Å². The van der Waals surface area contributed by atoms with Crippen LogP contribution < -0.4 is 5.32 Å². The molecule has 0 aromatic carbocycles. The van der Waals surface area contributed by atoms with Gasteiger partial charge in [0.25, 0.3) is 5.91 Å². The fraction of sp³-hybridized carbons (Fsp3) is 0.571. The molecule has 0 spiro atoms. The maximum Gasteiger partial charge on any atom is 0.307 e. The van der Waals surface area contributed by atoms with E-state index >= 15 is 0 Å². The largest absolute Gasteiger partial charge is 0.463 e. The molecule has 0 fully saturated rings. The molecule has 1 N–H and O–H groups in total. The van der Waals surface area contributed by atoms with Gasteiger partial charge in [-0.25, -0.2) is 0 Å². The predicted octanol–water partition coefficient (Wildman–Crippen LogP) is 2.69. The monoisotopic (exact) mass is 283 g/mol. The van der Waals surface area contributed by atoms with E-state index in [1.54, 1.807) is 13.8 Å². The summed E-state index contributed by atoms with van der Waals surface area (Å²) in [6, 6.07) is 1.89. The molecule has 4 nitrogen and oxygen atoms in total. The summed E-state index contributed by atoms with van der Waals surface area (Å²) >= 11 is 1.51. The molecule has 0 bridgehead atoms. The zero-order valence-corrected chi connectivity index (χ0v) is 12.7. The average molecular weight is 283 g/mol. The number of rotatable bonds is 6. The first-order valence-corrected chi connectivity index (χ1v) is 7.32. The molecule has 0 unspecified atom stereocenters. The maximum absolute atomic E-state index is 11.9. The molecule has 5 heteroatoms. The van der Waals surface area contributed by atoms with Crippen molar-refractivity contribution in [2.45, 2.75) is 46.6 Å². The molecule has 19 heavy (non-hydrogen) atoms. The summed E-state index contributed by atoms with van der Waals surface area (Å²) in [5, 5.41) is 2.74. The summed E-state index contributed by atoms with van der Waals surface area (Å²) in [5.74, 6) is -0.406. The van der Waals surface area contributed by atoms with Crippen molar-refractivity contribution in [2.24, 2.45) is 0 Å². The highest BCUT2D eigenvalue weighted by molar-refractivity contribution is 7.14. The molecule has 0 atom stereocenters. The van der Waals surface area contributed by atoms with Crippen LogP contribution in [-0.2, 0) is 16.0 Å². The van der Waals surface area contributed by atoms with Gasteiger partial charge < -0.3 is 10.1 Å². The summed E-state index contributed by atoms with van der Waals surface area (Å²) in [6.07, 6.45) is 1.02. The lowest BCUT2D eigenvalue weighted by molar-refractivity contribution is -0.147. The first kappa shape index (κ1) is 15.7. The molecule has 0 aliphatic heterocycles. The minimum absolute atomic E-state index is 0.116. The third-order valence-electron chi connectivity index (χ3n) is 2.55. The second-order valence-electron chi connectivity index (χ2n) is 4.61. The second-order valence-corrected chi connectivity index (χ2v) is 5.75. The van der Waals surface area contributed by atoms with Crippen molar-refractivity contribution in [1.82, 2.24) is 5.32 Å². The van der Waals surface area contributed by atoms with Gasteiger partial charge in [0.15, 0.2) is 0 Å². The minimum Gasteiger partial charge on any atom is -0.463 e. The van der Waals surface area contributed by atoms with Gasteiger partial charge in [-0.15, -0.1) is 11.3 Å². The van der Waals surface area contributed by atoms with Gasteiger partial charge in [0.1, 0.15) is 0 Å². The predicted molar refractivity (Wildman–Crippen MR) is 76.6 cm³/mol. The van der Waals surface area contributed by atoms with Crippen LogP contribution >= 0.6 is 11.3 Å². The topological polar surface area (TPSA) is 55.4 Å². The number of hydrogen-bond acceptors (Lipinski definition) is 4. The van der Waals surface area contributed by atoms with Crippen LogP contribution in [0.2, 0.25) is 0 Å². The summed E-state index contributed by atoms with van der Waals surface area (Å²) in [4.78, 5) is 25.1. The van der Waals surface area contributed by atoms with Gasteiger partial charge in [-0.2, -0.15) is 0 Å². The van der Waals surface area contributed by atoms with Crippen LogP contribution in [0, 0.1) is 6.92 Å². The van der Waals surface area contributed by atoms with Gasteiger partial charge in [0, 0.05) is 11.4 Å². The highest BCUT2D eigenvalue weighted by atomic mass is 32.1. The van der Waals surface area contributed by atoms with Crippen molar-refractivity contribution in [3.05, 3.63) is 21.4 Å². The number of nitrogens with one attached hydrogen (secondary N) is 1. The van der Waals surface area contributed by atoms with Crippen molar-refractivity contribution < 1.29 is 14.3 Å². The first-order chi connectivity index (χ1) is 8.93. The minimum atomic E-state index is -0.285. The van der Waals surface area contributed by atoms with E-state index in [0.717, 1.165) is 12.0 Å². The number of amides is 1. The number of ether oxygens (including phenoxy) is 1. The standard InChI is InChI=1S/C14H21NO3S/c1-5-11-10(4)8-12(19-11)14(17)15-7-6-13(16)18-9(2)3/h8-9H,5-7H2,1-4H3,(H,15,17). The van der Waals surface area contributed by atoms with E-state index < -0.39 is 0 Å². The maximum atomic E-state index is 11.9. The first-order valence-electron chi connectivity index (χ1n) is 6.51. The molecular formula is C14H21NO3S. The van der Waals surface area contributed by atoms with E-state index in [-0.39, 0.29) is 24.4 Å². The van der Waals surface area contributed by atoms with Crippen molar-refractivity contribution >= 4 is 23.2 Å². The van der Waals surface area contributed by atoms with E-state index in [1.165, 1.54) is 16.2 Å². The van der Waals surface area contributed by atoms with Gasteiger partial charge in [-0.1, -0.05) is 6.92 Å². The average Bonchev–Trinajstić information content (AvgIpc) is 2.69. The molecule has 0 saturated carbocycles. The Morgan fingerprint density at radius 1 is 1.42 bits per heavy atom. The number of aryl methyl sites for hydroxylation is 2. The highest BCUT2D eigenvalue weighted by Gasteiger charge is 2.12. The van der Waals surface area contributed by atoms with Crippen molar-refractivity contribution in [1.29, 1.82) is 0 Å². The fourth-order valence-corrected chi connectivity index (χ4v) is 2.70. The smallest absolute Gasteiger partial charge is 0.307 e. The van der Waals surface area contributed by atoms with Crippen molar-refractivity contribution in [3.8, 4) is 0 Å². The number of carbonyl (C=O) groups is 2. The Morgan fingerprint density at radius 2 is 2.11 bits per heavy atom. The molecule has 0 aliphatic carbocycles. The molecule has 0 saturated heterocycles. The Balaban J connectivity index is 2.41. The molecule has 1 aromatic heterocycles. The second kappa shape index (κ2) is 7.28. The van der Waals surface area contributed by atoms with Gasteiger partial charge in [-0.3, -0.25) is 9.59 Å². The Kier molecular flexibility index (Phi) is 6.02. The normalized spacial score (nSPS) is 10.6. The van der Waals surface area contributed by atoms with Crippen LogP contribution in [0.3, 0.4) is 0 Å². The van der Waals surface area contributed by atoms with Gasteiger partial charge in [0.2, 0.25) is 0 Å². The fourth-order valence-electron chi connectivity index (χ4n) is 1.67. The quantitative estimate of drug-likeness (QED) is 0.817. The zero-order valence-electron chi connectivity index (χ0n) is 11.9. The van der Waals surface area contributed by atoms with E-state index in [9.17, 15) is 9.59 Å². The molecule has 1 rings (SSSR count). The number of thiophene rings is 1. The summed E-state index contributed by atoms with van der Waals surface area (Å²) in [6.45, 7) is 7.99. The number of carbonyl (C=O) groups excluding carboxylic acids is 2.